The summed E-state index contributed by atoms with van der Waals surface area (Å²) in [4.78, 5) is 25.3. The third-order valence-corrected chi connectivity index (χ3v) is 4.53. The molecular weight excluding hydrogens is 366 g/mol. The van der Waals surface area contributed by atoms with E-state index in [9.17, 15) is 9.59 Å². The highest BCUT2D eigenvalue weighted by molar-refractivity contribution is 9.10. The highest BCUT2D eigenvalue weighted by Gasteiger charge is 2.30. The molecule has 1 amide bonds. The summed E-state index contributed by atoms with van der Waals surface area (Å²) in [5.74, 6) is -1.29. The summed E-state index contributed by atoms with van der Waals surface area (Å²) < 4.78 is 11.7. The minimum Gasteiger partial charge on any atom is -0.480 e. The van der Waals surface area contributed by atoms with Crippen molar-refractivity contribution < 1.29 is 23.8 Å². The fourth-order valence-corrected chi connectivity index (χ4v) is 3.25. The van der Waals surface area contributed by atoms with Crippen LogP contribution < -0.4 is 0 Å². The van der Waals surface area contributed by atoms with E-state index in [0.717, 1.165) is 9.86 Å². The number of aliphatic carboxylic acids is 1. The molecular formula is C16H16BrNO5. The quantitative estimate of drug-likeness (QED) is 0.880. The molecule has 7 heteroatoms. The molecule has 2 heterocycles. The van der Waals surface area contributed by atoms with E-state index in [1.54, 1.807) is 6.07 Å². The number of ether oxygens (including phenoxy) is 1. The molecule has 23 heavy (non-hydrogen) atoms. The SMILES string of the molecule is O=C(O)CN(C(=O)c1cc2cccc(Br)c2o1)C1CCOCC1. The van der Waals surface area contributed by atoms with Crippen molar-refractivity contribution in [2.45, 2.75) is 18.9 Å². The number of carboxylic acid groups (broad SMARTS) is 1. The molecule has 2 aromatic rings. The first kappa shape index (κ1) is 16.0. The standard InChI is InChI=1S/C16H16BrNO5/c17-12-3-1-2-10-8-13(23-15(10)12)16(21)18(9-14(19)20)11-4-6-22-7-5-11/h1-3,8,11H,4-7,9H2,(H,19,20). The Labute approximate surface area is 141 Å². The van der Waals surface area contributed by atoms with Crippen molar-refractivity contribution >= 4 is 38.8 Å². The van der Waals surface area contributed by atoms with Gasteiger partial charge in [0.05, 0.1) is 4.47 Å². The molecule has 1 aliphatic heterocycles. The Kier molecular flexibility index (Phi) is 4.68. The minimum atomic E-state index is -1.04. The van der Waals surface area contributed by atoms with Gasteiger partial charge in [0.2, 0.25) is 0 Å². The average Bonchev–Trinajstić information content (AvgIpc) is 2.98. The van der Waals surface area contributed by atoms with Crippen LogP contribution in [0.2, 0.25) is 0 Å². The molecule has 1 saturated heterocycles. The number of hydrogen-bond acceptors (Lipinski definition) is 4. The predicted octanol–water partition coefficient (Wildman–Crippen LogP) is 2.90. The smallest absolute Gasteiger partial charge is 0.323 e. The summed E-state index contributed by atoms with van der Waals surface area (Å²) in [6.45, 7) is 0.710. The lowest BCUT2D eigenvalue weighted by Gasteiger charge is -2.32. The van der Waals surface area contributed by atoms with Crippen molar-refractivity contribution in [3.8, 4) is 0 Å². The molecule has 122 valence electrons. The molecule has 0 aliphatic carbocycles. The Balaban J connectivity index is 1.91. The van der Waals surface area contributed by atoms with Crippen LogP contribution in [0.4, 0.5) is 0 Å². The molecule has 0 radical (unpaired) electrons. The first-order valence-corrected chi connectivity index (χ1v) is 8.14. The average molecular weight is 382 g/mol. The number of benzene rings is 1. The third kappa shape index (κ3) is 3.40. The highest BCUT2D eigenvalue weighted by Crippen LogP contribution is 2.28. The van der Waals surface area contributed by atoms with E-state index in [0.29, 0.717) is 31.6 Å². The lowest BCUT2D eigenvalue weighted by atomic mass is 10.1. The van der Waals surface area contributed by atoms with Gasteiger partial charge in [-0.05, 0) is 40.9 Å². The number of halogens is 1. The number of hydrogen-bond donors (Lipinski definition) is 1. The number of furan rings is 1. The molecule has 1 aromatic heterocycles. The fraction of sp³-hybridized carbons (Fsp3) is 0.375. The summed E-state index contributed by atoms with van der Waals surface area (Å²) in [6.07, 6.45) is 1.26. The summed E-state index contributed by atoms with van der Waals surface area (Å²) in [6, 6.07) is 7.02. The van der Waals surface area contributed by atoms with E-state index in [1.807, 2.05) is 18.2 Å². The molecule has 0 bridgehead atoms. The van der Waals surface area contributed by atoms with E-state index in [1.165, 1.54) is 4.90 Å². The van der Waals surface area contributed by atoms with Crippen molar-refractivity contribution in [1.82, 2.24) is 4.90 Å². The summed E-state index contributed by atoms with van der Waals surface area (Å²) in [7, 11) is 0. The summed E-state index contributed by atoms with van der Waals surface area (Å²) in [5, 5.41) is 9.93. The first-order chi connectivity index (χ1) is 11.1. The maximum atomic E-state index is 12.8. The normalized spacial score (nSPS) is 15.7. The molecule has 0 atom stereocenters. The van der Waals surface area contributed by atoms with E-state index in [-0.39, 0.29) is 18.3 Å². The van der Waals surface area contributed by atoms with Crippen LogP contribution in [0.5, 0.6) is 0 Å². The number of carbonyl (C=O) groups excluding carboxylic acids is 1. The number of rotatable bonds is 4. The highest BCUT2D eigenvalue weighted by atomic mass is 79.9. The van der Waals surface area contributed by atoms with Gasteiger partial charge in [0.25, 0.3) is 5.91 Å². The summed E-state index contributed by atoms with van der Waals surface area (Å²) >= 11 is 3.38. The molecule has 0 saturated carbocycles. The second-order valence-corrected chi connectivity index (χ2v) is 6.29. The van der Waals surface area contributed by atoms with E-state index < -0.39 is 11.9 Å². The Bertz CT molecular complexity index is 735. The lowest BCUT2D eigenvalue weighted by molar-refractivity contribution is -0.138. The van der Waals surface area contributed by atoms with Crippen molar-refractivity contribution in [1.29, 1.82) is 0 Å². The van der Waals surface area contributed by atoms with Crippen LogP contribution in [-0.2, 0) is 9.53 Å². The zero-order valence-corrected chi connectivity index (χ0v) is 13.9. The van der Waals surface area contributed by atoms with Crippen LogP contribution in [0.3, 0.4) is 0 Å². The number of fused-ring (bicyclic) bond motifs is 1. The third-order valence-electron chi connectivity index (χ3n) is 3.90. The van der Waals surface area contributed by atoms with Crippen molar-refractivity contribution in [3.05, 3.63) is 34.5 Å². The van der Waals surface area contributed by atoms with Gasteiger partial charge in [0.15, 0.2) is 5.76 Å². The Morgan fingerprint density at radius 3 is 2.70 bits per heavy atom. The Morgan fingerprint density at radius 2 is 2.04 bits per heavy atom. The van der Waals surface area contributed by atoms with Crippen molar-refractivity contribution in [3.63, 3.8) is 0 Å². The van der Waals surface area contributed by atoms with Crippen molar-refractivity contribution in [2.24, 2.45) is 0 Å². The monoisotopic (exact) mass is 381 g/mol. The van der Waals surface area contributed by atoms with Gasteiger partial charge in [0, 0.05) is 24.6 Å². The number of nitrogens with zero attached hydrogens (tertiary/aromatic N) is 1. The van der Waals surface area contributed by atoms with Gasteiger partial charge in [-0.3, -0.25) is 9.59 Å². The molecule has 1 fully saturated rings. The van der Waals surface area contributed by atoms with Gasteiger partial charge < -0.3 is 19.2 Å². The van der Waals surface area contributed by atoms with Gasteiger partial charge in [-0.1, -0.05) is 12.1 Å². The maximum Gasteiger partial charge on any atom is 0.323 e. The van der Waals surface area contributed by atoms with Gasteiger partial charge in [0.1, 0.15) is 12.1 Å². The molecule has 6 nitrogen and oxygen atoms in total. The van der Waals surface area contributed by atoms with Gasteiger partial charge in [-0.15, -0.1) is 0 Å². The number of amides is 1. The zero-order valence-electron chi connectivity index (χ0n) is 12.3. The van der Waals surface area contributed by atoms with Crippen LogP contribution in [0.15, 0.2) is 33.2 Å². The first-order valence-electron chi connectivity index (χ1n) is 7.35. The second kappa shape index (κ2) is 6.72. The van der Waals surface area contributed by atoms with Gasteiger partial charge >= 0.3 is 5.97 Å². The fourth-order valence-electron chi connectivity index (χ4n) is 2.78. The molecule has 0 spiro atoms. The predicted molar refractivity (Wildman–Crippen MR) is 86.4 cm³/mol. The summed E-state index contributed by atoms with van der Waals surface area (Å²) in [5.41, 5.74) is 0.582. The molecule has 1 N–H and O–H groups in total. The largest absolute Gasteiger partial charge is 0.480 e. The van der Waals surface area contributed by atoms with Crippen LogP contribution in [0, 0.1) is 0 Å². The van der Waals surface area contributed by atoms with Gasteiger partial charge in [-0.25, -0.2) is 0 Å². The molecule has 1 aliphatic rings. The van der Waals surface area contributed by atoms with Crippen LogP contribution in [-0.4, -0.2) is 47.7 Å². The number of carboxylic acids is 1. The maximum absolute atomic E-state index is 12.8. The van der Waals surface area contributed by atoms with E-state index in [2.05, 4.69) is 15.9 Å². The van der Waals surface area contributed by atoms with E-state index in [4.69, 9.17) is 14.3 Å². The van der Waals surface area contributed by atoms with Gasteiger partial charge in [-0.2, -0.15) is 0 Å². The van der Waals surface area contributed by atoms with E-state index >= 15 is 0 Å². The Morgan fingerprint density at radius 1 is 1.30 bits per heavy atom. The Hall–Kier alpha value is -1.86. The van der Waals surface area contributed by atoms with Crippen LogP contribution >= 0.6 is 15.9 Å². The molecule has 0 unspecified atom stereocenters. The van der Waals surface area contributed by atoms with Crippen molar-refractivity contribution in [2.75, 3.05) is 19.8 Å². The van der Waals surface area contributed by atoms with Crippen LogP contribution in [0.25, 0.3) is 11.0 Å². The zero-order chi connectivity index (χ0) is 16.4. The minimum absolute atomic E-state index is 0.149. The topological polar surface area (TPSA) is 80.0 Å². The van der Waals surface area contributed by atoms with Crippen LogP contribution in [0.1, 0.15) is 23.4 Å². The number of carbonyl (C=O) groups is 2. The molecule has 1 aromatic carbocycles. The lowest BCUT2D eigenvalue weighted by Crippen LogP contribution is -2.45. The molecule has 3 rings (SSSR count). The number of para-hydroxylation sites is 1. The second-order valence-electron chi connectivity index (χ2n) is 5.44.